The first kappa shape index (κ1) is 14.0. The molecule has 0 amide bonds. The Hall–Kier alpha value is -0.570. The first-order valence-electron chi connectivity index (χ1n) is 3.66. The van der Waals surface area contributed by atoms with Crippen LogP contribution >= 0.6 is 0 Å². The molecule has 0 spiro atoms. The molecule has 12 heavy (non-hydrogen) atoms. The van der Waals surface area contributed by atoms with Gasteiger partial charge in [0.25, 0.3) is 0 Å². The maximum atomic E-state index is 5.95. The van der Waals surface area contributed by atoms with Crippen LogP contribution in [0.4, 0.5) is 0 Å². The van der Waals surface area contributed by atoms with Gasteiger partial charge in [-0.25, -0.2) is 4.59 Å². The van der Waals surface area contributed by atoms with Crippen LogP contribution in [0, 0.1) is 0 Å². The van der Waals surface area contributed by atoms with E-state index in [9.17, 15) is 0 Å². The Morgan fingerprint density at radius 1 is 0.917 bits per heavy atom. The summed E-state index contributed by atoms with van der Waals surface area (Å²) in [6.07, 6.45) is 5.44. The van der Waals surface area contributed by atoms with Crippen LogP contribution in [0.2, 0.25) is 0 Å². The molecule has 0 aromatic heterocycles. The molecule has 0 aromatic carbocycles. The molecule has 0 radical (unpaired) electrons. The Kier molecular flexibility index (Phi) is 8.27. The third kappa shape index (κ3) is 5.13. The Bertz CT molecular complexity index is 128. The molecule has 0 bridgehead atoms. The van der Waals surface area contributed by atoms with E-state index in [4.69, 9.17) is 5.84 Å². The Morgan fingerprint density at radius 2 is 1.17 bits per heavy atom. The quantitative estimate of drug-likeness (QED) is 0.227. The van der Waals surface area contributed by atoms with Crippen LogP contribution in [0.1, 0.15) is 0 Å². The van der Waals surface area contributed by atoms with Crippen molar-refractivity contribution in [3.63, 3.8) is 0 Å². The van der Waals surface area contributed by atoms with Gasteiger partial charge in [-0.3, -0.25) is 0 Å². The van der Waals surface area contributed by atoms with Crippen LogP contribution in [-0.2, 0) is 0 Å². The zero-order valence-corrected chi connectivity index (χ0v) is 8.13. The fourth-order valence-corrected chi connectivity index (χ4v) is 0.995. The molecule has 0 fully saturated rings. The standard InChI is InChI=1S/C9H17N2.ClH/c1-4-7-11(10,8-5-2)9-6-3;/h4-6H,1-3,7-10H2;1H/q+1;/p-1. The molecule has 0 aromatic rings. The van der Waals surface area contributed by atoms with Gasteiger partial charge in [0.05, 0.1) is 0 Å². The van der Waals surface area contributed by atoms with Crippen molar-refractivity contribution in [1.29, 1.82) is 0 Å². The van der Waals surface area contributed by atoms with Gasteiger partial charge in [-0.15, -0.1) is 0 Å². The first-order valence-corrected chi connectivity index (χ1v) is 3.66. The van der Waals surface area contributed by atoms with E-state index in [1.54, 1.807) is 0 Å². The molecule has 0 unspecified atom stereocenters. The summed E-state index contributed by atoms with van der Waals surface area (Å²) in [6, 6.07) is 0. The lowest BCUT2D eigenvalue weighted by Crippen LogP contribution is -3.00. The summed E-state index contributed by atoms with van der Waals surface area (Å²) in [7, 11) is 0. The van der Waals surface area contributed by atoms with Crippen molar-refractivity contribution in [2.24, 2.45) is 5.84 Å². The highest BCUT2D eigenvalue weighted by Gasteiger charge is 2.16. The van der Waals surface area contributed by atoms with Gasteiger partial charge in [0.2, 0.25) is 0 Å². The smallest absolute Gasteiger partial charge is 0.115 e. The minimum Gasteiger partial charge on any atom is -1.00 e. The second-order valence-corrected chi connectivity index (χ2v) is 2.63. The predicted octanol–water partition coefficient (Wildman–Crippen LogP) is -1.76. The van der Waals surface area contributed by atoms with Crippen molar-refractivity contribution in [3.05, 3.63) is 38.0 Å². The van der Waals surface area contributed by atoms with Gasteiger partial charge >= 0.3 is 0 Å². The lowest BCUT2D eigenvalue weighted by Gasteiger charge is -2.29. The molecule has 0 saturated heterocycles. The molecule has 70 valence electrons. The summed E-state index contributed by atoms with van der Waals surface area (Å²) >= 11 is 0. The maximum absolute atomic E-state index is 5.95. The van der Waals surface area contributed by atoms with Crippen LogP contribution in [-0.4, -0.2) is 24.2 Å². The molecule has 2 N–H and O–H groups in total. The van der Waals surface area contributed by atoms with Crippen molar-refractivity contribution >= 4 is 0 Å². The number of hydrogen-bond donors (Lipinski definition) is 1. The van der Waals surface area contributed by atoms with Gasteiger partial charge in [-0.05, 0) is 18.2 Å². The lowest BCUT2D eigenvalue weighted by molar-refractivity contribution is -0.923. The van der Waals surface area contributed by atoms with E-state index >= 15 is 0 Å². The molecule has 2 nitrogen and oxygen atoms in total. The van der Waals surface area contributed by atoms with Gasteiger partial charge in [0, 0.05) is 0 Å². The van der Waals surface area contributed by atoms with Crippen LogP contribution < -0.4 is 18.2 Å². The van der Waals surface area contributed by atoms with Crippen LogP contribution in [0.25, 0.3) is 0 Å². The molecular weight excluding hydrogens is 172 g/mol. The molecule has 0 aliphatic carbocycles. The molecule has 3 heteroatoms. The van der Waals surface area contributed by atoms with Crippen molar-refractivity contribution in [2.75, 3.05) is 19.6 Å². The second-order valence-electron chi connectivity index (χ2n) is 2.63. The number of rotatable bonds is 6. The third-order valence-electron chi connectivity index (χ3n) is 1.48. The Balaban J connectivity index is 0. The number of nitrogens with two attached hydrogens (primary N) is 1. The zero-order chi connectivity index (χ0) is 8.74. The normalized spacial score (nSPS) is 9.75. The fraction of sp³-hybridized carbons (Fsp3) is 0.333. The topological polar surface area (TPSA) is 26.0 Å². The highest BCUT2D eigenvalue weighted by atomic mass is 35.5. The van der Waals surface area contributed by atoms with Crippen molar-refractivity contribution in [3.8, 4) is 0 Å². The van der Waals surface area contributed by atoms with Crippen molar-refractivity contribution in [1.82, 2.24) is 0 Å². The molecule has 0 rings (SSSR count). The summed E-state index contributed by atoms with van der Waals surface area (Å²) in [5.74, 6) is 5.95. The highest BCUT2D eigenvalue weighted by Crippen LogP contribution is 1.97. The van der Waals surface area contributed by atoms with Gasteiger partial charge in [-0.1, -0.05) is 19.7 Å². The van der Waals surface area contributed by atoms with E-state index in [2.05, 4.69) is 19.7 Å². The molecule has 0 aliphatic rings. The molecule has 0 atom stereocenters. The number of hydrogen-bond acceptors (Lipinski definition) is 1. The number of halogens is 1. The van der Waals surface area contributed by atoms with Gasteiger partial charge < -0.3 is 12.4 Å². The van der Waals surface area contributed by atoms with E-state index in [-0.39, 0.29) is 12.4 Å². The van der Waals surface area contributed by atoms with E-state index < -0.39 is 0 Å². The summed E-state index contributed by atoms with van der Waals surface area (Å²) in [6.45, 7) is 13.2. The average Bonchev–Trinajstić information content (AvgIpc) is 1.88. The van der Waals surface area contributed by atoms with E-state index in [0.717, 1.165) is 19.6 Å². The maximum Gasteiger partial charge on any atom is 0.115 e. The molecule has 0 aliphatic heterocycles. The third-order valence-corrected chi connectivity index (χ3v) is 1.48. The SMILES string of the molecule is C=CC[N+](N)(CC=C)CC=C.[Cl-]. The first-order chi connectivity index (χ1) is 5.18. The summed E-state index contributed by atoms with van der Waals surface area (Å²) in [4.78, 5) is 0. The average molecular weight is 189 g/mol. The monoisotopic (exact) mass is 188 g/mol. The summed E-state index contributed by atoms with van der Waals surface area (Å²) in [5.41, 5.74) is 0. The zero-order valence-electron chi connectivity index (χ0n) is 7.38. The van der Waals surface area contributed by atoms with Crippen molar-refractivity contribution in [2.45, 2.75) is 0 Å². The van der Waals surface area contributed by atoms with Crippen LogP contribution in [0.5, 0.6) is 0 Å². The predicted molar refractivity (Wildman–Crippen MR) is 49.6 cm³/mol. The number of quaternary nitrogens is 1. The molecule has 0 saturated carbocycles. The van der Waals surface area contributed by atoms with Gasteiger partial charge in [0.1, 0.15) is 19.6 Å². The fourth-order valence-electron chi connectivity index (χ4n) is 0.995. The minimum absolute atomic E-state index is 0. The van der Waals surface area contributed by atoms with Gasteiger partial charge in [0.15, 0.2) is 0 Å². The Labute approximate surface area is 81.0 Å². The highest BCUT2D eigenvalue weighted by molar-refractivity contribution is 4.74. The second kappa shape index (κ2) is 7.10. The van der Waals surface area contributed by atoms with Crippen molar-refractivity contribution < 1.29 is 17.0 Å². The van der Waals surface area contributed by atoms with E-state index in [1.165, 1.54) is 0 Å². The van der Waals surface area contributed by atoms with E-state index in [0.29, 0.717) is 4.59 Å². The summed E-state index contributed by atoms with van der Waals surface area (Å²) < 4.78 is 0.427. The minimum atomic E-state index is 0. The van der Waals surface area contributed by atoms with Crippen LogP contribution in [0.3, 0.4) is 0 Å². The van der Waals surface area contributed by atoms with E-state index in [1.807, 2.05) is 18.2 Å². The molecule has 0 heterocycles. The van der Waals surface area contributed by atoms with Crippen LogP contribution in [0.15, 0.2) is 38.0 Å². The largest absolute Gasteiger partial charge is 1.00 e. The van der Waals surface area contributed by atoms with Gasteiger partial charge in [-0.2, -0.15) is 5.84 Å². The lowest BCUT2D eigenvalue weighted by atomic mass is 10.4. The summed E-state index contributed by atoms with van der Waals surface area (Å²) in [5, 5.41) is 0. The molecular formula is C9H17ClN2. The number of nitrogens with zero attached hydrogens (tertiary/aromatic N) is 1. The Morgan fingerprint density at radius 3 is 1.33 bits per heavy atom.